The average Bonchev–Trinajstić information content (AvgIpc) is 2.03. The second-order valence-corrected chi connectivity index (χ2v) is 1.76. The third-order valence-electron chi connectivity index (χ3n) is 0.972. The van der Waals surface area contributed by atoms with Crippen molar-refractivity contribution in [1.82, 2.24) is 5.32 Å². The number of amidine groups is 1. The lowest BCUT2D eigenvalue weighted by atomic mass is 10.4. The fourth-order valence-corrected chi connectivity index (χ4v) is 0.441. The zero-order chi connectivity index (χ0) is 8.69. The highest BCUT2D eigenvalue weighted by Gasteiger charge is 1.98. The van der Waals surface area contributed by atoms with Gasteiger partial charge in [-0.3, -0.25) is 4.79 Å². The van der Waals surface area contributed by atoms with E-state index in [2.05, 4.69) is 21.9 Å². The predicted molar refractivity (Wildman–Crippen MR) is 43.1 cm³/mol. The van der Waals surface area contributed by atoms with Crippen LogP contribution in [0.3, 0.4) is 0 Å². The van der Waals surface area contributed by atoms with Gasteiger partial charge in [0.1, 0.15) is 7.11 Å². The highest BCUT2D eigenvalue weighted by molar-refractivity contribution is 6.03. The normalized spacial score (nSPS) is 10.5. The molecule has 0 rings (SSSR count). The van der Waals surface area contributed by atoms with E-state index in [0.717, 1.165) is 0 Å². The van der Waals surface area contributed by atoms with Crippen LogP contribution in [0.1, 0.15) is 13.3 Å². The van der Waals surface area contributed by atoms with Gasteiger partial charge in [-0.25, -0.2) is 0 Å². The van der Waals surface area contributed by atoms with Crippen molar-refractivity contribution in [3.63, 3.8) is 0 Å². The van der Waals surface area contributed by atoms with E-state index in [4.69, 9.17) is 0 Å². The second kappa shape index (κ2) is 5.46. The minimum Gasteiger partial charge on any atom is -0.397 e. The van der Waals surface area contributed by atoms with Crippen LogP contribution in [0, 0.1) is 0 Å². The molecule has 0 saturated carbocycles. The van der Waals surface area contributed by atoms with Crippen molar-refractivity contribution < 1.29 is 9.63 Å². The molecule has 0 saturated heterocycles. The van der Waals surface area contributed by atoms with Gasteiger partial charge in [-0.2, -0.15) is 0 Å². The number of nitrogens with zero attached hydrogens (tertiary/aromatic N) is 1. The van der Waals surface area contributed by atoms with E-state index in [1.165, 1.54) is 13.2 Å². The standard InChI is InChI=1S/C7H12N2O2/c1-4-6(9-11-3)8-7(10)5-2/h4H,1,5H2,2-3H3,(H,8,9,10). The van der Waals surface area contributed by atoms with Crippen LogP contribution in [0.25, 0.3) is 0 Å². The number of nitrogens with one attached hydrogen (secondary N) is 1. The zero-order valence-electron chi connectivity index (χ0n) is 6.76. The molecule has 0 radical (unpaired) electrons. The molecule has 0 aromatic carbocycles. The molecule has 62 valence electrons. The summed E-state index contributed by atoms with van der Waals surface area (Å²) >= 11 is 0. The lowest BCUT2D eigenvalue weighted by molar-refractivity contribution is -0.119. The Bertz CT molecular complexity index is 175. The van der Waals surface area contributed by atoms with Gasteiger partial charge in [0.2, 0.25) is 5.91 Å². The summed E-state index contributed by atoms with van der Waals surface area (Å²) < 4.78 is 0. The molecule has 4 heteroatoms. The van der Waals surface area contributed by atoms with E-state index >= 15 is 0 Å². The molecule has 0 spiro atoms. The van der Waals surface area contributed by atoms with Gasteiger partial charge < -0.3 is 10.2 Å². The molecule has 4 nitrogen and oxygen atoms in total. The van der Waals surface area contributed by atoms with Gasteiger partial charge in [0, 0.05) is 6.42 Å². The van der Waals surface area contributed by atoms with Gasteiger partial charge in [-0.15, -0.1) is 0 Å². The first kappa shape index (κ1) is 9.68. The van der Waals surface area contributed by atoms with Crippen molar-refractivity contribution in [2.24, 2.45) is 5.16 Å². The summed E-state index contributed by atoms with van der Waals surface area (Å²) in [6.45, 7) is 5.19. The molecule has 0 unspecified atom stereocenters. The molecule has 11 heavy (non-hydrogen) atoms. The second-order valence-electron chi connectivity index (χ2n) is 1.76. The lowest BCUT2D eigenvalue weighted by Crippen LogP contribution is -2.28. The smallest absolute Gasteiger partial charge is 0.225 e. The number of amides is 1. The van der Waals surface area contributed by atoms with Gasteiger partial charge in [0.15, 0.2) is 5.84 Å². The molecule has 0 aliphatic heterocycles. The SMILES string of the molecule is C=C/C(=N\OC)NC(=O)CC. The fourth-order valence-electron chi connectivity index (χ4n) is 0.441. The Kier molecular flexibility index (Phi) is 4.81. The Morgan fingerprint density at radius 2 is 2.45 bits per heavy atom. The highest BCUT2D eigenvalue weighted by Crippen LogP contribution is 1.80. The van der Waals surface area contributed by atoms with E-state index in [0.29, 0.717) is 12.3 Å². The van der Waals surface area contributed by atoms with Gasteiger partial charge in [0.25, 0.3) is 0 Å². The van der Waals surface area contributed by atoms with Gasteiger partial charge in [-0.05, 0) is 6.08 Å². The van der Waals surface area contributed by atoms with Crippen molar-refractivity contribution in [3.05, 3.63) is 12.7 Å². The van der Waals surface area contributed by atoms with Gasteiger partial charge in [-0.1, -0.05) is 18.7 Å². The third-order valence-corrected chi connectivity index (χ3v) is 0.972. The van der Waals surface area contributed by atoms with Gasteiger partial charge in [0.05, 0.1) is 0 Å². The summed E-state index contributed by atoms with van der Waals surface area (Å²) in [5.41, 5.74) is 0. The Labute approximate surface area is 65.9 Å². The van der Waals surface area contributed by atoms with Crippen molar-refractivity contribution in [3.8, 4) is 0 Å². The summed E-state index contributed by atoms with van der Waals surface area (Å²) in [5.74, 6) is 0.222. The van der Waals surface area contributed by atoms with Gasteiger partial charge >= 0.3 is 0 Å². The van der Waals surface area contributed by atoms with Crippen LogP contribution in [0.15, 0.2) is 17.8 Å². The number of rotatable bonds is 3. The van der Waals surface area contributed by atoms with Crippen LogP contribution in [0.4, 0.5) is 0 Å². The van der Waals surface area contributed by atoms with Crippen LogP contribution in [0.5, 0.6) is 0 Å². The molecular formula is C7H12N2O2. The van der Waals surface area contributed by atoms with Crippen molar-refractivity contribution in [2.75, 3.05) is 7.11 Å². The Morgan fingerprint density at radius 1 is 1.82 bits per heavy atom. The minimum atomic E-state index is -0.110. The largest absolute Gasteiger partial charge is 0.397 e. The highest BCUT2D eigenvalue weighted by atomic mass is 16.6. The van der Waals surface area contributed by atoms with Crippen LogP contribution in [-0.2, 0) is 9.63 Å². The van der Waals surface area contributed by atoms with E-state index in [-0.39, 0.29) is 5.91 Å². The lowest BCUT2D eigenvalue weighted by Gasteiger charge is -2.00. The van der Waals surface area contributed by atoms with E-state index in [9.17, 15) is 4.79 Å². The van der Waals surface area contributed by atoms with Crippen LogP contribution >= 0.6 is 0 Å². The Balaban J connectivity index is 3.98. The molecular weight excluding hydrogens is 144 g/mol. The van der Waals surface area contributed by atoms with Crippen molar-refractivity contribution >= 4 is 11.7 Å². The molecule has 0 aliphatic carbocycles. The maximum atomic E-state index is 10.8. The van der Waals surface area contributed by atoms with Crippen LogP contribution in [0.2, 0.25) is 0 Å². The number of hydrogen-bond acceptors (Lipinski definition) is 3. The van der Waals surface area contributed by atoms with Crippen LogP contribution in [-0.4, -0.2) is 18.9 Å². The number of carbonyl (C=O) groups is 1. The first-order chi connectivity index (χ1) is 5.24. The topological polar surface area (TPSA) is 50.7 Å². The summed E-state index contributed by atoms with van der Waals surface area (Å²) in [6, 6.07) is 0. The van der Waals surface area contributed by atoms with Crippen molar-refractivity contribution in [2.45, 2.75) is 13.3 Å². The minimum absolute atomic E-state index is 0.110. The van der Waals surface area contributed by atoms with E-state index in [1.807, 2.05) is 0 Å². The molecule has 0 atom stereocenters. The molecule has 0 heterocycles. The van der Waals surface area contributed by atoms with Crippen molar-refractivity contribution in [1.29, 1.82) is 0 Å². The summed E-state index contributed by atoms with van der Waals surface area (Å²) in [4.78, 5) is 15.2. The molecule has 1 N–H and O–H groups in total. The Morgan fingerprint density at radius 3 is 2.82 bits per heavy atom. The molecule has 0 fully saturated rings. The first-order valence-corrected chi connectivity index (χ1v) is 3.28. The number of hydrogen-bond donors (Lipinski definition) is 1. The maximum Gasteiger partial charge on any atom is 0.225 e. The average molecular weight is 156 g/mol. The predicted octanol–water partition coefficient (Wildman–Crippen LogP) is 0.659. The fraction of sp³-hybridized carbons (Fsp3) is 0.429. The summed E-state index contributed by atoms with van der Waals surface area (Å²) in [5, 5.41) is 5.98. The first-order valence-electron chi connectivity index (χ1n) is 3.28. The molecule has 1 amide bonds. The molecule has 0 aromatic rings. The quantitative estimate of drug-likeness (QED) is 0.370. The maximum absolute atomic E-state index is 10.8. The molecule has 0 aromatic heterocycles. The van der Waals surface area contributed by atoms with E-state index < -0.39 is 0 Å². The number of carbonyl (C=O) groups excluding carboxylic acids is 1. The summed E-state index contributed by atoms with van der Waals surface area (Å²) in [7, 11) is 1.40. The monoisotopic (exact) mass is 156 g/mol. The van der Waals surface area contributed by atoms with E-state index in [1.54, 1.807) is 6.92 Å². The third kappa shape index (κ3) is 4.13. The van der Waals surface area contributed by atoms with Crippen LogP contribution < -0.4 is 5.32 Å². The summed E-state index contributed by atoms with van der Waals surface area (Å²) in [6.07, 6.45) is 1.83. The number of oxime groups is 1. The molecule has 0 bridgehead atoms. The molecule has 0 aliphatic rings. The Hall–Kier alpha value is -1.32. The zero-order valence-corrected chi connectivity index (χ0v) is 6.76.